The molecule has 1 N–H and O–H groups in total. The number of aliphatic hydroxyl groups excluding tert-OH is 1. The van der Waals surface area contributed by atoms with Crippen LogP contribution >= 0.6 is 0 Å². The number of benzene rings is 1. The Labute approximate surface area is 224 Å². The Bertz CT molecular complexity index is 1050. The number of rotatable bonds is 10. The summed E-state index contributed by atoms with van der Waals surface area (Å²) in [6, 6.07) is 8.83. The van der Waals surface area contributed by atoms with Gasteiger partial charge >= 0.3 is 0 Å². The minimum absolute atomic E-state index is 0.0697. The quantitative estimate of drug-likeness (QED) is 0.150. The summed E-state index contributed by atoms with van der Waals surface area (Å²) in [5.74, 6) is -0.167. The minimum Gasteiger partial charge on any atom is -0.506 e. The van der Waals surface area contributed by atoms with E-state index in [2.05, 4.69) is 55.4 Å². The third-order valence-corrected chi connectivity index (χ3v) is 9.44. The van der Waals surface area contributed by atoms with Crippen molar-refractivity contribution in [2.75, 3.05) is 0 Å². The Morgan fingerprint density at radius 3 is 1.92 bits per heavy atom. The van der Waals surface area contributed by atoms with E-state index in [0.29, 0.717) is 49.0 Å². The molecule has 2 bridgehead atoms. The highest BCUT2D eigenvalue weighted by Crippen LogP contribution is 2.66. The van der Waals surface area contributed by atoms with Gasteiger partial charge in [0.2, 0.25) is 0 Å². The SMILES string of the molecule is CC(C)CCC1CC2(CCC(C)C)C(=O)C(=C(O)c3ccccc3)C(=O)C(CCC(C)C)(C2=O)C1(C)C. The van der Waals surface area contributed by atoms with E-state index in [1.54, 1.807) is 24.3 Å². The normalized spacial score (nSPS) is 28.9. The molecule has 0 spiro atoms. The number of carbonyl (C=O) groups is 3. The summed E-state index contributed by atoms with van der Waals surface area (Å²) in [6.07, 6.45) is 4.61. The minimum atomic E-state index is -1.32. The topological polar surface area (TPSA) is 71.4 Å². The van der Waals surface area contributed by atoms with Crippen molar-refractivity contribution >= 4 is 23.1 Å². The maximum atomic E-state index is 14.8. The first-order valence-corrected chi connectivity index (χ1v) is 14.4. The maximum absolute atomic E-state index is 14.8. The van der Waals surface area contributed by atoms with Crippen molar-refractivity contribution in [2.45, 2.75) is 100 Å². The van der Waals surface area contributed by atoms with Gasteiger partial charge in [0.15, 0.2) is 17.3 Å². The lowest BCUT2D eigenvalue weighted by Crippen LogP contribution is -2.69. The molecule has 2 aliphatic carbocycles. The Morgan fingerprint density at radius 2 is 1.38 bits per heavy atom. The molecule has 3 unspecified atom stereocenters. The fraction of sp³-hybridized carbons (Fsp3) is 0.667. The van der Waals surface area contributed by atoms with Crippen molar-refractivity contribution in [1.82, 2.24) is 0 Å². The second-order valence-corrected chi connectivity index (χ2v) is 13.5. The van der Waals surface area contributed by atoms with E-state index in [1.807, 2.05) is 6.07 Å². The first-order chi connectivity index (χ1) is 17.2. The van der Waals surface area contributed by atoms with Gasteiger partial charge in [-0.3, -0.25) is 14.4 Å². The molecule has 1 aromatic carbocycles. The standard InChI is InChI=1S/C33H48O4/c1-21(2)14-15-25-20-32(18-16-22(3)4)28(35)26(27(34)24-12-10-9-11-13-24)29(36)33(30(32)37,31(25,7)8)19-17-23(5)6/h9-13,21-23,25,34H,14-20H2,1-8H3. The number of ketones is 3. The van der Waals surface area contributed by atoms with E-state index in [9.17, 15) is 19.5 Å². The van der Waals surface area contributed by atoms with E-state index in [4.69, 9.17) is 0 Å². The molecule has 0 radical (unpaired) electrons. The van der Waals surface area contributed by atoms with Crippen LogP contribution in [0, 0.1) is 39.9 Å². The summed E-state index contributed by atoms with van der Waals surface area (Å²) in [6.45, 7) is 17.0. The van der Waals surface area contributed by atoms with Crippen LogP contribution in [0.15, 0.2) is 35.9 Å². The first kappa shape index (κ1) is 29.3. The van der Waals surface area contributed by atoms with Gasteiger partial charge < -0.3 is 5.11 Å². The van der Waals surface area contributed by atoms with Gasteiger partial charge in [-0.15, -0.1) is 0 Å². The van der Waals surface area contributed by atoms with Gasteiger partial charge in [0.25, 0.3) is 0 Å². The summed E-state index contributed by atoms with van der Waals surface area (Å²) >= 11 is 0. The fourth-order valence-corrected chi connectivity index (χ4v) is 6.84. The molecule has 4 nitrogen and oxygen atoms in total. The van der Waals surface area contributed by atoms with Gasteiger partial charge in [-0.2, -0.15) is 0 Å². The lowest BCUT2D eigenvalue weighted by molar-refractivity contribution is -0.179. The molecule has 2 fully saturated rings. The molecule has 0 aliphatic heterocycles. The zero-order valence-electron chi connectivity index (χ0n) is 24.3. The van der Waals surface area contributed by atoms with Crippen LogP contribution in [-0.4, -0.2) is 22.5 Å². The zero-order chi connectivity index (χ0) is 27.8. The highest BCUT2D eigenvalue weighted by molar-refractivity contribution is 6.41. The Balaban J connectivity index is 2.34. The highest BCUT2D eigenvalue weighted by atomic mass is 16.3. The van der Waals surface area contributed by atoms with E-state index in [-0.39, 0.29) is 23.0 Å². The Hall–Kier alpha value is -2.23. The van der Waals surface area contributed by atoms with Crippen LogP contribution in [-0.2, 0) is 14.4 Å². The van der Waals surface area contributed by atoms with Crippen LogP contribution < -0.4 is 0 Å². The molecule has 2 aliphatic rings. The second-order valence-electron chi connectivity index (χ2n) is 13.5. The van der Waals surface area contributed by atoms with Crippen molar-refractivity contribution in [1.29, 1.82) is 0 Å². The number of Topliss-reactive ketones (excluding diaryl/α,β-unsaturated/α-hetero) is 3. The predicted octanol–water partition coefficient (Wildman–Crippen LogP) is 8.00. The third kappa shape index (κ3) is 4.98. The molecule has 0 aromatic heterocycles. The van der Waals surface area contributed by atoms with Crippen molar-refractivity contribution in [2.24, 2.45) is 39.9 Å². The summed E-state index contributed by atoms with van der Waals surface area (Å²) in [7, 11) is 0. The molecule has 4 heteroatoms. The average Bonchev–Trinajstić information content (AvgIpc) is 2.82. The van der Waals surface area contributed by atoms with Crippen LogP contribution in [0.5, 0.6) is 0 Å². The van der Waals surface area contributed by atoms with Crippen molar-refractivity contribution in [3.8, 4) is 0 Å². The van der Waals surface area contributed by atoms with Gasteiger partial charge in [-0.1, -0.05) is 92.1 Å². The summed E-state index contributed by atoms with van der Waals surface area (Å²) < 4.78 is 0. The average molecular weight is 509 g/mol. The summed E-state index contributed by atoms with van der Waals surface area (Å²) in [5.41, 5.74) is -2.91. The molecule has 3 atom stereocenters. The molecule has 1 aromatic rings. The summed E-state index contributed by atoms with van der Waals surface area (Å²) in [5, 5.41) is 11.5. The third-order valence-electron chi connectivity index (χ3n) is 9.44. The van der Waals surface area contributed by atoms with E-state index >= 15 is 0 Å². The number of allylic oxidation sites excluding steroid dienone is 1. The van der Waals surface area contributed by atoms with Crippen LogP contribution in [0.4, 0.5) is 0 Å². The largest absolute Gasteiger partial charge is 0.506 e. The van der Waals surface area contributed by atoms with E-state index in [1.165, 1.54) is 0 Å². The van der Waals surface area contributed by atoms with Gasteiger partial charge in [0.1, 0.15) is 11.3 Å². The fourth-order valence-electron chi connectivity index (χ4n) is 6.84. The van der Waals surface area contributed by atoms with Gasteiger partial charge in [0, 0.05) is 5.56 Å². The van der Waals surface area contributed by atoms with Crippen molar-refractivity contribution in [3.05, 3.63) is 41.5 Å². The number of fused-ring (bicyclic) bond motifs is 2. The van der Waals surface area contributed by atoms with Crippen LogP contribution in [0.25, 0.3) is 5.76 Å². The molecule has 0 amide bonds. The van der Waals surface area contributed by atoms with Crippen LogP contribution in [0.1, 0.15) is 106 Å². The number of hydrogen-bond acceptors (Lipinski definition) is 4. The van der Waals surface area contributed by atoms with Gasteiger partial charge in [0.05, 0.1) is 10.8 Å². The number of hydrogen-bond donors (Lipinski definition) is 1. The molecule has 0 saturated heterocycles. The zero-order valence-corrected chi connectivity index (χ0v) is 24.3. The maximum Gasteiger partial charge on any atom is 0.184 e. The van der Waals surface area contributed by atoms with Crippen LogP contribution in [0.2, 0.25) is 0 Å². The first-order valence-electron chi connectivity index (χ1n) is 14.4. The Morgan fingerprint density at radius 1 is 0.838 bits per heavy atom. The predicted molar refractivity (Wildman–Crippen MR) is 150 cm³/mol. The van der Waals surface area contributed by atoms with E-state index in [0.717, 1.165) is 19.3 Å². The lowest BCUT2D eigenvalue weighted by atomic mass is 9.38. The highest BCUT2D eigenvalue weighted by Gasteiger charge is 2.73. The van der Waals surface area contributed by atoms with Crippen molar-refractivity contribution < 1.29 is 19.5 Å². The monoisotopic (exact) mass is 508 g/mol. The smallest absolute Gasteiger partial charge is 0.184 e. The molecule has 204 valence electrons. The lowest BCUT2D eigenvalue weighted by Gasteiger charge is -2.61. The number of carbonyl (C=O) groups excluding carboxylic acids is 3. The van der Waals surface area contributed by atoms with Gasteiger partial charge in [-0.05, 0) is 67.6 Å². The van der Waals surface area contributed by atoms with Crippen LogP contribution in [0.3, 0.4) is 0 Å². The molecule has 37 heavy (non-hydrogen) atoms. The van der Waals surface area contributed by atoms with Crippen molar-refractivity contribution in [3.63, 3.8) is 0 Å². The Kier molecular flexibility index (Phi) is 8.61. The van der Waals surface area contributed by atoms with E-state index < -0.39 is 27.8 Å². The second kappa shape index (κ2) is 10.9. The molecule has 2 saturated carbocycles. The molecule has 0 heterocycles. The molecule has 3 rings (SSSR count). The molecular weight excluding hydrogens is 460 g/mol. The summed E-state index contributed by atoms with van der Waals surface area (Å²) in [4.78, 5) is 43.8. The number of aliphatic hydroxyl groups is 1. The molecular formula is C33H48O4. The van der Waals surface area contributed by atoms with Gasteiger partial charge in [-0.25, -0.2) is 0 Å².